The molecule has 27 heavy (non-hydrogen) atoms. The zero-order valence-corrected chi connectivity index (χ0v) is 12.4. The van der Waals surface area contributed by atoms with Gasteiger partial charge in [-0.1, -0.05) is 0 Å². The molecular formula is C12H6O15. The van der Waals surface area contributed by atoms with E-state index in [4.69, 9.17) is 30.6 Å². The number of esters is 2. The van der Waals surface area contributed by atoms with Crippen molar-refractivity contribution in [3.63, 3.8) is 0 Å². The van der Waals surface area contributed by atoms with Crippen LogP contribution in [0.2, 0.25) is 0 Å². The molecule has 0 aliphatic heterocycles. The maximum absolute atomic E-state index is 11.6. The number of carbonyl (C=O) groups excluding carboxylic acids is 2. The molecule has 0 unspecified atom stereocenters. The van der Waals surface area contributed by atoms with Crippen LogP contribution >= 0.6 is 0 Å². The first-order chi connectivity index (χ1) is 12.2. The number of carbonyl (C=O) groups is 8. The molecule has 15 heteroatoms. The summed E-state index contributed by atoms with van der Waals surface area (Å²) in [5.74, 6) is -19.8. The number of rotatable bonds is 8. The summed E-state index contributed by atoms with van der Waals surface area (Å²) in [7, 11) is 0. The molecule has 0 saturated heterocycles. The topological polar surface area (TPSA) is 267 Å². The Morgan fingerprint density at radius 1 is 0.370 bits per heavy atom. The highest BCUT2D eigenvalue weighted by Crippen LogP contribution is 2.13. The first-order valence-corrected chi connectivity index (χ1v) is 5.88. The predicted octanol–water partition coefficient (Wildman–Crippen LogP) is -2.84. The number of carboxylic acids is 6. The third-order valence-electron chi connectivity index (χ3n) is 2.38. The van der Waals surface area contributed by atoms with Crippen LogP contribution in [0.25, 0.3) is 0 Å². The minimum absolute atomic E-state index is 2.07. The van der Waals surface area contributed by atoms with E-state index in [9.17, 15) is 38.4 Å². The summed E-state index contributed by atoms with van der Waals surface area (Å²) in [6.07, 6.45) is 0. The van der Waals surface area contributed by atoms with Crippen LogP contribution in [0.4, 0.5) is 0 Å². The molecule has 0 aromatic carbocycles. The Labute approximate surface area is 145 Å². The highest BCUT2D eigenvalue weighted by atomic mass is 16.6. The van der Waals surface area contributed by atoms with Crippen LogP contribution in [-0.2, 0) is 43.1 Å². The zero-order valence-electron chi connectivity index (χ0n) is 12.4. The number of aliphatic carboxylic acids is 6. The molecule has 0 aliphatic carbocycles. The standard InChI is InChI=1S/C12H6O15/c13-5(14)1(6(15)16)3(9(21)22)11(25)27-12(26)4(10(23)24)2(7(17)18)8(19)20/h(H,13,14)(H,15,16)(H,17,18)(H,19,20)(H,21,22)(H,23,24). The highest BCUT2D eigenvalue weighted by Gasteiger charge is 2.38. The van der Waals surface area contributed by atoms with E-state index in [2.05, 4.69) is 4.74 Å². The van der Waals surface area contributed by atoms with Crippen molar-refractivity contribution in [3.8, 4) is 0 Å². The van der Waals surface area contributed by atoms with Crippen LogP contribution in [0.15, 0.2) is 22.3 Å². The predicted molar refractivity (Wildman–Crippen MR) is 71.0 cm³/mol. The first-order valence-electron chi connectivity index (χ1n) is 5.88. The van der Waals surface area contributed by atoms with E-state index in [0.717, 1.165) is 0 Å². The van der Waals surface area contributed by atoms with E-state index >= 15 is 0 Å². The van der Waals surface area contributed by atoms with E-state index in [1.54, 1.807) is 0 Å². The van der Waals surface area contributed by atoms with Crippen LogP contribution < -0.4 is 0 Å². The fourth-order valence-electron chi connectivity index (χ4n) is 1.39. The van der Waals surface area contributed by atoms with Crippen molar-refractivity contribution in [1.82, 2.24) is 0 Å². The average Bonchev–Trinajstić information content (AvgIpc) is 2.46. The van der Waals surface area contributed by atoms with Gasteiger partial charge in [0.2, 0.25) is 0 Å². The Hall–Kier alpha value is -4.56. The van der Waals surface area contributed by atoms with Gasteiger partial charge in [-0.15, -0.1) is 0 Å². The van der Waals surface area contributed by atoms with Crippen molar-refractivity contribution in [2.75, 3.05) is 0 Å². The molecule has 15 nitrogen and oxygen atoms in total. The van der Waals surface area contributed by atoms with Gasteiger partial charge in [0.05, 0.1) is 0 Å². The molecule has 0 rings (SSSR count). The molecule has 0 aromatic rings. The lowest BCUT2D eigenvalue weighted by atomic mass is 10.1. The van der Waals surface area contributed by atoms with Gasteiger partial charge in [-0.2, -0.15) is 0 Å². The summed E-state index contributed by atoms with van der Waals surface area (Å²) in [6, 6.07) is 0. The molecule has 0 saturated carbocycles. The van der Waals surface area contributed by atoms with Gasteiger partial charge in [0.15, 0.2) is 22.3 Å². The molecule has 0 radical (unpaired) electrons. The molecule has 6 N–H and O–H groups in total. The smallest absolute Gasteiger partial charge is 0.354 e. The lowest BCUT2D eigenvalue weighted by Gasteiger charge is -2.07. The average molecular weight is 390 g/mol. The second kappa shape index (κ2) is 8.51. The van der Waals surface area contributed by atoms with Gasteiger partial charge in [0.25, 0.3) is 0 Å². The van der Waals surface area contributed by atoms with Crippen LogP contribution in [-0.4, -0.2) is 78.4 Å². The third-order valence-corrected chi connectivity index (χ3v) is 2.38. The summed E-state index contributed by atoms with van der Waals surface area (Å²) in [5.41, 5.74) is -8.39. The molecule has 0 aliphatic rings. The second-order valence-corrected chi connectivity index (χ2v) is 4.01. The molecule has 0 fully saturated rings. The van der Waals surface area contributed by atoms with Gasteiger partial charge in [-0.3, -0.25) is 0 Å². The lowest BCUT2D eigenvalue weighted by molar-refractivity contribution is -0.158. The van der Waals surface area contributed by atoms with E-state index < -0.39 is 70.0 Å². The number of ether oxygens (including phenoxy) is 1. The molecule has 144 valence electrons. The van der Waals surface area contributed by atoms with Crippen LogP contribution in [0.1, 0.15) is 0 Å². The molecular weight excluding hydrogens is 384 g/mol. The van der Waals surface area contributed by atoms with Gasteiger partial charge >= 0.3 is 47.8 Å². The van der Waals surface area contributed by atoms with Crippen LogP contribution in [0.5, 0.6) is 0 Å². The van der Waals surface area contributed by atoms with Crippen molar-refractivity contribution >= 4 is 47.8 Å². The third kappa shape index (κ3) is 5.21. The van der Waals surface area contributed by atoms with E-state index in [0.29, 0.717) is 0 Å². The fourth-order valence-corrected chi connectivity index (χ4v) is 1.39. The van der Waals surface area contributed by atoms with Crippen molar-refractivity contribution in [2.24, 2.45) is 0 Å². The minimum atomic E-state index is -2.51. The van der Waals surface area contributed by atoms with Gasteiger partial charge < -0.3 is 35.4 Å². The van der Waals surface area contributed by atoms with Gasteiger partial charge in [-0.25, -0.2) is 38.4 Å². The summed E-state index contributed by atoms with van der Waals surface area (Å²) in [5, 5.41) is 52.0. The van der Waals surface area contributed by atoms with Gasteiger partial charge in [0, 0.05) is 0 Å². The first kappa shape index (κ1) is 22.4. The quantitative estimate of drug-likeness (QED) is 0.105. The monoisotopic (exact) mass is 390 g/mol. The summed E-state index contributed by atoms with van der Waals surface area (Å²) in [4.78, 5) is 88.1. The Bertz CT molecular complexity index is 750. The van der Waals surface area contributed by atoms with Crippen molar-refractivity contribution in [3.05, 3.63) is 22.3 Å². The summed E-state index contributed by atoms with van der Waals surface area (Å²) in [6.45, 7) is 0. The maximum atomic E-state index is 11.6. The van der Waals surface area contributed by atoms with Crippen molar-refractivity contribution < 1.29 is 73.7 Å². The number of hydrogen-bond acceptors (Lipinski definition) is 9. The Kier molecular flexibility index (Phi) is 7.07. The highest BCUT2D eigenvalue weighted by molar-refractivity contribution is 6.31. The molecule has 0 heterocycles. The molecule has 0 bridgehead atoms. The molecule has 0 atom stereocenters. The van der Waals surface area contributed by atoms with Crippen molar-refractivity contribution in [1.29, 1.82) is 0 Å². The van der Waals surface area contributed by atoms with Gasteiger partial charge in [-0.05, 0) is 0 Å². The van der Waals surface area contributed by atoms with E-state index in [-0.39, 0.29) is 0 Å². The van der Waals surface area contributed by atoms with E-state index in [1.165, 1.54) is 0 Å². The van der Waals surface area contributed by atoms with Crippen LogP contribution in [0.3, 0.4) is 0 Å². The Morgan fingerprint density at radius 2 is 0.556 bits per heavy atom. The molecule has 0 amide bonds. The zero-order chi connectivity index (χ0) is 21.6. The Balaban J connectivity index is 6.41. The molecule has 0 spiro atoms. The van der Waals surface area contributed by atoms with Gasteiger partial charge in [0.1, 0.15) is 0 Å². The second-order valence-electron chi connectivity index (χ2n) is 4.01. The summed E-state index contributed by atoms with van der Waals surface area (Å²) >= 11 is 0. The number of hydrogen-bond donors (Lipinski definition) is 6. The largest absolute Gasteiger partial charge is 0.477 e. The summed E-state index contributed by atoms with van der Waals surface area (Å²) < 4.78 is 3.65. The lowest BCUT2D eigenvalue weighted by Crippen LogP contribution is -2.30. The van der Waals surface area contributed by atoms with Crippen LogP contribution in [0, 0.1) is 0 Å². The number of carboxylic acid groups (broad SMARTS) is 6. The van der Waals surface area contributed by atoms with E-state index in [1.807, 2.05) is 0 Å². The Morgan fingerprint density at radius 3 is 0.704 bits per heavy atom. The fraction of sp³-hybridized carbons (Fsp3) is 0. The maximum Gasteiger partial charge on any atom is 0.354 e. The molecule has 0 aromatic heterocycles. The SMILES string of the molecule is O=C(O)C(C(=O)O)=C(C(=O)O)C(=O)OC(=O)C(C(=O)O)=C(C(=O)O)C(=O)O. The van der Waals surface area contributed by atoms with Crippen molar-refractivity contribution in [2.45, 2.75) is 0 Å². The normalized spacial score (nSPS) is 9.33. The minimum Gasteiger partial charge on any atom is -0.477 e.